The molecule has 0 aromatic heterocycles. The van der Waals surface area contributed by atoms with E-state index in [1.807, 2.05) is 26.0 Å². The van der Waals surface area contributed by atoms with Crippen LogP contribution in [-0.4, -0.2) is 18.7 Å². The van der Waals surface area contributed by atoms with Gasteiger partial charge < -0.3 is 4.74 Å². The Balaban J connectivity index is 2.10. The number of benzene rings is 2. The third-order valence-electron chi connectivity index (χ3n) is 3.45. The topological polar surface area (TPSA) is 50.7 Å². The second-order valence-electron chi connectivity index (χ2n) is 5.19. The number of carbonyl (C=O) groups is 1. The molecule has 1 amide bonds. The van der Waals surface area contributed by atoms with E-state index in [0.717, 1.165) is 16.8 Å². The molecule has 0 radical (unpaired) electrons. The van der Waals surface area contributed by atoms with Crippen molar-refractivity contribution in [3.8, 4) is 5.75 Å². The van der Waals surface area contributed by atoms with Crippen LogP contribution in [0.5, 0.6) is 5.75 Å². The maximum Gasteiger partial charge on any atom is 0.271 e. The molecule has 0 fully saturated rings. The Morgan fingerprint density at radius 3 is 2.36 bits per heavy atom. The molecule has 0 unspecified atom stereocenters. The summed E-state index contributed by atoms with van der Waals surface area (Å²) in [5, 5.41) is 4.19. The number of ether oxygens (including phenoxy) is 1. The molecule has 0 heterocycles. The van der Waals surface area contributed by atoms with Crippen molar-refractivity contribution in [2.45, 2.75) is 20.8 Å². The molecule has 2 aromatic rings. The number of aryl methyl sites for hydroxylation is 2. The van der Waals surface area contributed by atoms with E-state index >= 15 is 0 Å². The summed E-state index contributed by atoms with van der Waals surface area (Å²) >= 11 is 0. The maximum atomic E-state index is 12.1. The van der Waals surface area contributed by atoms with Gasteiger partial charge in [0.2, 0.25) is 0 Å². The molecule has 0 spiro atoms. The highest BCUT2D eigenvalue weighted by molar-refractivity contribution is 6.01. The fourth-order valence-electron chi connectivity index (χ4n) is 2.22. The van der Waals surface area contributed by atoms with Crippen LogP contribution in [0.2, 0.25) is 0 Å². The van der Waals surface area contributed by atoms with Crippen LogP contribution in [0, 0.1) is 13.8 Å². The Morgan fingerprint density at radius 1 is 1.09 bits per heavy atom. The van der Waals surface area contributed by atoms with Gasteiger partial charge in [0.15, 0.2) is 0 Å². The van der Waals surface area contributed by atoms with Crippen molar-refractivity contribution in [3.05, 3.63) is 64.7 Å². The summed E-state index contributed by atoms with van der Waals surface area (Å²) in [5.74, 6) is 0.471. The molecule has 0 aliphatic carbocycles. The smallest absolute Gasteiger partial charge is 0.271 e. The monoisotopic (exact) mass is 296 g/mol. The lowest BCUT2D eigenvalue weighted by atomic mass is 10.0. The highest BCUT2D eigenvalue weighted by Crippen LogP contribution is 2.12. The molecule has 0 atom stereocenters. The quantitative estimate of drug-likeness (QED) is 0.694. The molecule has 4 heteroatoms. The Bertz CT molecular complexity index is 704. The molecule has 114 valence electrons. The lowest BCUT2D eigenvalue weighted by molar-refractivity contribution is 0.0955. The van der Waals surface area contributed by atoms with E-state index in [9.17, 15) is 4.79 Å². The van der Waals surface area contributed by atoms with Crippen LogP contribution in [-0.2, 0) is 0 Å². The molecule has 22 heavy (non-hydrogen) atoms. The molecule has 0 saturated heterocycles. The first-order valence-electron chi connectivity index (χ1n) is 7.07. The molecule has 2 rings (SSSR count). The Hall–Kier alpha value is -2.62. The zero-order chi connectivity index (χ0) is 16.1. The first kappa shape index (κ1) is 15.8. The van der Waals surface area contributed by atoms with E-state index < -0.39 is 0 Å². The average Bonchev–Trinajstić information content (AvgIpc) is 2.52. The van der Waals surface area contributed by atoms with E-state index in [4.69, 9.17) is 4.74 Å². The number of hydrogen-bond acceptors (Lipinski definition) is 3. The van der Waals surface area contributed by atoms with Gasteiger partial charge in [0.1, 0.15) is 5.75 Å². The van der Waals surface area contributed by atoms with Crippen LogP contribution in [0.15, 0.2) is 47.6 Å². The lowest BCUT2D eigenvalue weighted by Crippen LogP contribution is -2.19. The summed E-state index contributed by atoms with van der Waals surface area (Å²) in [6.45, 7) is 5.97. The molecule has 2 aromatic carbocycles. The van der Waals surface area contributed by atoms with Crippen molar-refractivity contribution in [1.29, 1.82) is 0 Å². The van der Waals surface area contributed by atoms with Gasteiger partial charge in [-0.3, -0.25) is 4.79 Å². The van der Waals surface area contributed by atoms with Crippen molar-refractivity contribution in [2.24, 2.45) is 5.10 Å². The van der Waals surface area contributed by atoms with Gasteiger partial charge in [0.25, 0.3) is 5.91 Å². The number of amides is 1. The summed E-state index contributed by atoms with van der Waals surface area (Å²) in [5.41, 5.74) is 7.27. The van der Waals surface area contributed by atoms with E-state index in [1.54, 1.807) is 31.4 Å². The average molecular weight is 296 g/mol. The van der Waals surface area contributed by atoms with Gasteiger partial charge >= 0.3 is 0 Å². The van der Waals surface area contributed by atoms with Crippen LogP contribution in [0.1, 0.15) is 34.0 Å². The SMILES string of the molecule is COc1ccc(C(=O)NN=C(C)c2ccc(C)cc2C)cc1. The molecule has 0 bridgehead atoms. The first-order valence-corrected chi connectivity index (χ1v) is 7.07. The summed E-state index contributed by atoms with van der Waals surface area (Å²) in [4.78, 5) is 12.1. The Labute approximate surface area is 130 Å². The summed E-state index contributed by atoms with van der Waals surface area (Å²) in [7, 11) is 1.59. The fraction of sp³-hybridized carbons (Fsp3) is 0.222. The van der Waals surface area contributed by atoms with E-state index in [2.05, 4.69) is 23.5 Å². The van der Waals surface area contributed by atoms with Gasteiger partial charge in [0.05, 0.1) is 12.8 Å². The van der Waals surface area contributed by atoms with Crippen molar-refractivity contribution < 1.29 is 9.53 Å². The maximum absolute atomic E-state index is 12.1. The number of hydrogen-bond donors (Lipinski definition) is 1. The van der Waals surface area contributed by atoms with Gasteiger partial charge in [-0.1, -0.05) is 23.8 Å². The minimum atomic E-state index is -0.244. The zero-order valence-corrected chi connectivity index (χ0v) is 13.3. The largest absolute Gasteiger partial charge is 0.497 e. The first-order chi connectivity index (χ1) is 10.5. The van der Waals surface area contributed by atoms with Gasteiger partial charge in [-0.15, -0.1) is 0 Å². The van der Waals surface area contributed by atoms with Crippen LogP contribution >= 0.6 is 0 Å². The second-order valence-corrected chi connectivity index (χ2v) is 5.19. The van der Waals surface area contributed by atoms with Crippen molar-refractivity contribution in [2.75, 3.05) is 7.11 Å². The fourth-order valence-corrected chi connectivity index (χ4v) is 2.22. The van der Waals surface area contributed by atoms with Crippen LogP contribution in [0.4, 0.5) is 0 Å². The van der Waals surface area contributed by atoms with Crippen molar-refractivity contribution >= 4 is 11.6 Å². The normalized spacial score (nSPS) is 11.2. The van der Waals surface area contributed by atoms with E-state index in [-0.39, 0.29) is 5.91 Å². The molecular formula is C18H20N2O2. The molecule has 0 saturated carbocycles. The van der Waals surface area contributed by atoms with Crippen LogP contribution in [0.3, 0.4) is 0 Å². The second kappa shape index (κ2) is 6.89. The molecular weight excluding hydrogens is 276 g/mol. The summed E-state index contributed by atoms with van der Waals surface area (Å²) < 4.78 is 5.07. The number of methoxy groups -OCH3 is 1. The Morgan fingerprint density at radius 2 is 1.77 bits per heavy atom. The predicted molar refractivity (Wildman–Crippen MR) is 88.6 cm³/mol. The minimum absolute atomic E-state index is 0.244. The van der Waals surface area contributed by atoms with E-state index in [1.165, 1.54) is 5.56 Å². The predicted octanol–water partition coefficient (Wildman–Crippen LogP) is 3.47. The summed E-state index contributed by atoms with van der Waals surface area (Å²) in [6, 6.07) is 13.0. The third-order valence-corrected chi connectivity index (χ3v) is 3.45. The van der Waals surface area contributed by atoms with Crippen LogP contribution in [0.25, 0.3) is 0 Å². The number of hydrazone groups is 1. The molecule has 0 aliphatic heterocycles. The van der Waals surface area contributed by atoms with Gasteiger partial charge in [-0.2, -0.15) is 5.10 Å². The summed E-state index contributed by atoms with van der Waals surface area (Å²) in [6.07, 6.45) is 0. The van der Waals surface area contributed by atoms with Crippen LogP contribution < -0.4 is 10.2 Å². The van der Waals surface area contributed by atoms with E-state index in [0.29, 0.717) is 11.3 Å². The number of nitrogens with one attached hydrogen (secondary N) is 1. The highest BCUT2D eigenvalue weighted by atomic mass is 16.5. The molecule has 4 nitrogen and oxygen atoms in total. The zero-order valence-electron chi connectivity index (χ0n) is 13.3. The molecule has 0 aliphatic rings. The van der Waals surface area contributed by atoms with Gasteiger partial charge in [-0.25, -0.2) is 5.43 Å². The standard InChI is InChI=1S/C18H20N2O2/c1-12-5-10-17(13(2)11-12)14(3)19-20-18(21)15-6-8-16(22-4)9-7-15/h5-11H,1-4H3,(H,20,21). The number of rotatable bonds is 4. The third kappa shape index (κ3) is 3.73. The highest BCUT2D eigenvalue weighted by Gasteiger charge is 2.06. The van der Waals surface area contributed by atoms with Gasteiger partial charge in [-0.05, 0) is 50.6 Å². The van der Waals surface area contributed by atoms with Crippen molar-refractivity contribution in [1.82, 2.24) is 5.43 Å². The van der Waals surface area contributed by atoms with Gasteiger partial charge in [0, 0.05) is 11.1 Å². The Kier molecular flexibility index (Phi) is 4.94. The lowest BCUT2D eigenvalue weighted by Gasteiger charge is -2.07. The van der Waals surface area contributed by atoms with Crippen molar-refractivity contribution in [3.63, 3.8) is 0 Å². The number of carbonyl (C=O) groups excluding carboxylic acids is 1. The minimum Gasteiger partial charge on any atom is -0.497 e. The number of nitrogens with zero attached hydrogens (tertiary/aromatic N) is 1. The molecule has 1 N–H and O–H groups in total.